The molecule has 0 amide bonds. The summed E-state index contributed by atoms with van der Waals surface area (Å²) in [4.78, 5) is 4.36. The topological polar surface area (TPSA) is 84.0 Å². The van der Waals surface area contributed by atoms with Crippen molar-refractivity contribution in [2.24, 2.45) is 0 Å². The van der Waals surface area contributed by atoms with Gasteiger partial charge < -0.3 is 5.32 Å². The number of aromatic nitrogens is 2. The van der Waals surface area contributed by atoms with Crippen LogP contribution in [0.1, 0.15) is 17.8 Å². The summed E-state index contributed by atoms with van der Waals surface area (Å²) < 4.78 is 44.2. The van der Waals surface area contributed by atoms with Crippen molar-refractivity contribution in [3.05, 3.63) is 59.0 Å². The van der Waals surface area contributed by atoms with Gasteiger partial charge in [-0.3, -0.25) is 0 Å². The molecule has 0 spiro atoms. The van der Waals surface area contributed by atoms with Gasteiger partial charge in [-0.15, -0.1) is 11.3 Å². The lowest BCUT2D eigenvalue weighted by molar-refractivity contribution is 0.582. The molecule has 0 saturated carbocycles. The van der Waals surface area contributed by atoms with E-state index >= 15 is 0 Å². The number of hydrogen-bond donors (Lipinski definition) is 2. The second-order valence-corrected chi connectivity index (χ2v) is 9.13. The van der Waals surface area contributed by atoms with Crippen LogP contribution in [0.5, 0.6) is 0 Å². The zero-order valence-corrected chi connectivity index (χ0v) is 16.1. The fourth-order valence-electron chi connectivity index (χ4n) is 2.20. The molecule has 10 heteroatoms. The minimum Gasteiger partial charge on any atom is -0.360 e. The molecule has 2 heterocycles. The van der Waals surface area contributed by atoms with Gasteiger partial charge in [0.2, 0.25) is 15.2 Å². The van der Waals surface area contributed by atoms with E-state index in [4.69, 9.17) is 0 Å². The van der Waals surface area contributed by atoms with Gasteiger partial charge in [0, 0.05) is 31.0 Å². The molecule has 0 unspecified atom stereocenters. The molecule has 0 atom stereocenters. The molecule has 26 heavy (non-hydrogen) atoms. The third kappa shape index (κ3) is 5.31. The first-order valence-corrected chi connectivity index (χ1v) is 11.0. The van der Waals surface area contributed by atoms with E-state index in [2.05, 4.69) is 19.4 Å². The largest absolute Gasteiger partial charge is 0.360 e. The molecule has 0 aliphatic heterocycles. The van der Waals surface area contributed by atoms with Crippen molar-refractivity contribution in [3.63, 3.8) is 0 Å². The van der Waals surface area contributed by atoms with E-state index in [0.717, 1.165) is 5.56 Å². The summed E-state index contributed by atoms with van der Waals surface area (Å²) in [5.74, 6) is 0.350. The fourth-order valence-corrected chi connectivity index (χ4v) is 4.93. The van der Waals surface area contributed by atoms with Crippen molar-refractivity contribution in [2.45, 2.75) is 17.1 Å². The summed E-state index contributed by atoms with van der Waals surface area (Å²) in [7, 11) is -3.41. The van der Waals surface area contributed by atoms with E-state index in [0.29, 0.717) is 41.1 Å². The molecule has 2 aromatic heterocycles. The number of nitrogens with zero attached hydrogens (tertiary/aromatic N) is 2. The maximum atomic E-state index is 13.2. The van der Waals surface area contributed by atoms with Crippen LogP contribution in [0.3, 0.4) is 0 Å². The summed E-state index contributed by atoms with van der Waals surface area (Å²) in [5.41, 5.74) is 0.817. The van der Waals surface area contributed by atoms with Crippen LogP contribution in [0.4, 0.5) is 9.52 Å². The molecule has 0 fully saturated rings. The summed E-state index contributed by atoms with van der Waals surface area (Å²) in [6.07, 6.45) is 1.08. The second kappa shape index (κ2) is 8.67. The van der Waals surface area contributed by atoms with Crippen LogP contribution in [0.15, 0.2) is 46.0 Å². The standard InChI is InChI=1S/C16H17FN4O2S3/c17-13-5-1-4-12(10-13)11-14-20-16(25-21-14)18-7-3-8-19-26(22,23)15-6-2-9-24-15/h1-2,4-6,9-10,19H,3,7-8,11H2,(H,18,20,21). The van der Waals surface area contributed by atoms with Gasteiger partial charge in [0.05, 0.1) is 0 Å². The van der Waals surface area contributed by atoms with Crippen LogP contribution >= 0.6 is 22.9 Å². The van der Waals surface area contributed by atoms with Crippen molar-refractivity contribution in [2.75, 3.05) is 18.4 Å². The van der Waals surface area contributed by atoms with Gasteiger partial charge in [-0.1, -0.05) is 18.2 Å². The molecule has 1 aromatic carbocycles. The highest BCUT2D eigenvalue weighted by Gasteiger charge is 2.13. The summed E-state index contributed by atoms with van der Waals surface area (Å²) in [5, 5.41) is 5.52. The Labute approximate surface area is 159 Å². The molecular formula is C16H17FN4O2S3. The van der Waals surface area contributed by atoms with E-state index < -0.39 is 10.0 Å². The van der Waals surface area contributed by atoms with Crippen molar-refractivity contribution < 1.29 is 12.8 Å². The summed E-state index contributed by atoms with van der Waals surface area (Å²) in [6.45, 7) is 0.906. The van der Waals surface area contributed by atoms with Crippen molar-refractivity contribution >= 4 is 38.0 Å². The molecule has 138 valence electrons. The zero-order valence-electron chi connectivity index (χ0n) is 13.7. The van der Waals surface area contributed by atoms with Gasteiger partial charge in [-0.05, 0) is 35.6 Å². The van der Waals surface area contributed by atoms with Gasteiger partial charge in [-0.25, -0.2) is 22.5 Å². The number of anilines is 1. The van der Waals surface area contributed by atoms with Gasteiger partial charge in [0.25, 0.3) is 0 Å². The van der Waals surface area contributed by atoms with E-state index in [-0.39, 0.29) is 5.82 Å². The Morgan fingerprint density at radius 2 is 2.04 bits per heavy atom. The molecule has 3 rings (SSSR count). The Kier molecular flexibility index (Phi) is 6.30. The van der Waals surface area contributed by atoms with Crippen molar-refractivity contribution in [1.29, 1.82) is 0 Å². The second-order valence-electron chi connectivity index (χ2n) is 5.43. The van der Waals surface area contributed by atoms with Crippen molar-refractivity contribution in [1.82, 2.24) is 14.1 Å². The molecule has 3 aromatic rings. The lowest BCUT2D eigenvalue weighted by Crippen LogP contribution is -2.25. The number of sulfonamides is 1. The monoisotopic (exact) mass is 412 g/mol. The molecule has 0 saturated heterocycles. The van der Waals surface area contributed by atoms with Crippen LogP contribution in [0, 0.1) is 5.82 Å². The average Bonchev–Trinajstić information content (AvgIpc) is 3.27. The first kappa shape index (κ1) is 18.9. The lowest BCUT2D eigenvalue weighted by Gasteiger charge is -2.05. The normalized spacial score (nSPS) is 11.6. The molecule has 0 bridgehead atoms. The molecule has 0 aliphatic rings. The van der Waals surface area contributed by atoms with E-state index in [1.54, 1.807) is 23.6 Å². The van der Waals surface area contributed by atoms with Crippen LogP contribution in [0.25, 0.3) is 0 Å². The third-order valence-corrected chi connectivity index (χ3v) is 6.97. The summed E-state index contributed by atoms with van der Waals surface area (Å²) >= 11 is 2.42. The van der Waals surface area contributed by atoms with Gasteiger partial charge in [0.15, 0.2) is 0 Å². The highest BCUT2D eigenvalue weighted by Crippen LogP contribution is 2.16. The van der Waals surface area contributed by atoms with Crippen LogP contribution < -0.4 is 10.0 Å². The zero-order chi connectivity index (χ0) is 18.4. The molecule has 0 radical (unpaired) electrons. The number of benzene rings is 1. The average molecular weight is 413 g/mol. The predicted octanol–water partition coefficient (Wildman–Crippen LogP) is 3.11. The Balaban J connectivity index is 1.41. The van der Waals surface area contributed by atoms with E-state index in [1.807, 2.05) is 6.07 Å². The maximum absolute atomic E-state index is 13.2. The first-order valence-electron chi connectivity index (χ1n) is 7.87. The van der Waals surface area contributed by atoms with Crippen LogP contribution in [0.2, 0.25) is 0 Å². The van der Waals surface area contributed by atoms with Gasteiger partial charge in [0.1, 0.15) is 15.9 Å². The Bertz CT molecular complexity index is 942. The van der Waals surface area contributed by atoms with Gasteiger partial charge in [-0.2, -0.15) is 4.37 Å². The maximum Gasteiger partial charge on any atom is 0.250 e. The highest BCUT2D eigenvalue weighted by molar-refractivity contribution is 7.91. The molecule has 0 aliphatic carbocycles. The SMILES string of the molecule is O=S(=O)(NCCCNc1nc(Cc2cccc(F)c2)ns1)c1cccs1. The quantitative estimate of drug-likeness (QED) is 0.528. The Morgan fingerprint density at radius 1 is 1.15 bits per heavy atom. The first-order chi connectivity index (χ1) is 12.5. The number of thiophene rings is 1. The smallest absolute Gasteiger partial charge is 0.250 e. The number of rotatable bonds is 9. The van der Waals surface area contributed by atoms with Gasteiger partial charge >= 0.3 is 0 Å². The van der Waals surface area contributed by atoms with Crippen molar-refractivity contribution in [3.8, 4) is 0 Å². The van der Waals surface area contributed by atoms with E-state index in [9.17, 15) is 12.8 Å². The number of halogens is 1. The highest BCUT2D eigenvalue weighted by atomic mass is 32.2. The van der Waals surface area contributed by atoms with Crippen LogP contribution in [-0.2, 0) is 16.4 Å². The third-order valence-electron chi connectivity index (χ3n) is 3.40. The molecule has 6 nitrogen and oxygen atoms in total. The van der Waals surface area contributed by atoms with Crippen LogP contribution in [-0.4, -0.2) is 30.9 Å². The lowest BCUT2D eigenvalue weighted by atomic mass is 10.1. The van der Waals surface area contributed by atoms with E-state index in [1.165, 1.54) is 35.0 Å². The summed E-state index contributed by atoms with van der Waals surface area (Å²) in [6, 6.07) is 9.64. The number of nitrogens with one attached hydrogen (secondary N) is 2. The molecular weight excluding hydrogens is 395 g/mol. The minimum absolute atomic E-state index is 0.277. The predicted molar refractivity (Wildman–Crippen MR) is 102 cm³/mol. The Morgan fingerprint density at radius 3 is 2.81 bits per heavy atom. The number of hydrogen-bond acceptors (Lipinski definition) is 7. The molecule has 2 N–H and O–H groups in total. The fraction of sp³-hybridized carbons (Fsp3) is 0.250. The Hall–Kier alpha value is -1.88. The minimum atomic E-state index is -3.41.